The highest BCUT2D eigenvalue weighted by Crippen LogP contribution is 2.43. The van der Waals surface area contributed by atoms with Crippen molar-refractivity contribution < 1.29 is 19.1 Å². The molecule has 1 saturated heterocycles. The first kappa shape index (κ1) is 20.2. The molecular weight excluding hydrogens is 400 g/mol. The predicted octanol–water partition coefficient (Wildman–Crippen LogP) is 4.09. The highest BCUT2D eigenvalue weighted by Gasteiger charge is 2.46. The molecular formula is C23H22N2O4S. The number of carbonyl (C=O) groups is 2. The molecule has 2 atom stereocenters. The smallest absolute Gasteiger partial charge is 0.338 e. The third-order valence-electron chi connectivity index (χ3n) is 5.11. The molecule has 0 spiro atoms. The van der Waals surface area contributed by atoms with E-state index in [2.05, 4.69) is 4.99 Å². The van der Waals surface area contributed by atoms with Crippen molar-refractivity contribution in [2.45, 2.75) is 31.7 Å². The molecule has 0 radical (unpaired) electrons. The number of methoxy groups -OCH3 is 1. The number of thioether (sulfide) groups is 1. The minimum absolute atomic E-state index is 0.0675. The van der Waals surface area contributed by atoms with Crippen LogP contribution in [0, 0.1) is 0 Å². The van der Waals surface area contributed by atoms with Crippen molar-refractivity contribution in [3.63, 3.8) is 0 Å². The summed E-state index contributed by atoms with van der Waals surface area (Å²) in [4.78, 5) is 31.5. The zero-order chi connectivity index (χ0) is 21.3. The van der Waals surface area contributed by atoms with Crippen LogP contribution in [0.5, 0.6) is 5.75 Å². The van der Waals surface area contributed by atoms with E-state index in [1.807, 2.05) is 61.5 Å². The molecule has 2 aromatic rings. The molecule has 4 rings (SSSR count). The molecule has 0 aliphatic carbocycles. The molecule has 2 aliphatic heterocycles. The van der Waals surface area contributed by atoms with E-state index in [4.69, 9.17) is 9.47 Å². The molecule has 154 valence electrons. The Balaban J connectivity index is 1.63. The van der Waals surface area contributed by atoms with Crippen LogP contribution in [0.3, 0.4) is 0 Å². The Labute approximate surface area is 179 Å². The van der Waals surface area contributed by atoms with Gasteiger partial charge >= 0.3 is 5.97 Å². The van der Waals surface area contributed by atoms with Crippen LogP contribution in [0.15, 0.2) is 70.9 Å². The first-order chi connectivity index (χ1) is 14.5. The number of benzene rings is 2. The second kappa shape index (κ2) is 8.36. The molecule has 0 aromatic heterocycles. The summed E-state index contributed by atoms with van der Waals surface area (Å²) in [6.45, 7) is 4.08. The number of nitrogens with zero attached hydrogens (tertiary/aromatic N) is 2. The normalized spacial score (nSPS) is 20.7. The summed E-state index contributed by atoms with van der Waals surface area (Å²) in [6, 6.07) is 16.8. The molecule has 2 aliphatic rings. The standard InChI is InChI=1S/C23H22N2O4S/c1-14-19(22(27)28-3)20(25-21(26)15(2)30-23(25)24-14)17-9-11-18(12-10-17)29-13-16-7-5-4-6-8-16/h4-12,15,20H,13H2,1-3H3/t15-,20-/m0/s1. The van der Waals surface area contributed by atoms with Crippen LogP contribution in [0.2, 0.25) is 0 Å². The maximum Gasteiger partial charge on any atom is 0.338 e. The molecule has 0 N–H and O–H groups in total. The van der Waals surface area contributed by atoms with Crippen LogP contribution >= 0.6 is 11.8 Å². The van der Waals surface area contributed by atoms with Gasteiger partial charge in [0.05, 0.1) is 29.7 Å². The van der Waals surface area contributed by atoms with Crippen molar-refractivity contribution in [2.75, 3.05) is 7.11 Å². The van der Waals surface area contributed by atoms with Gasteiger partial charge in [-0.15, -0.1) is 0 Å². The molecule has 2 aromatic carbocycles. The van der Waals surface area contributed by atoms with Gasteiger partial charge in [0.1, 0.15) is 12.4 Å². The van der Waals surface area contributed by atoms with E-state index >= 15 is 0 Å². The number of rotatable bonds is 5. The number of amidine groups is 1. The Hall–Kier alpha value is -3.06. The number of aliphatic imine (C=N–C) groups is 1. The SMILES string of the molecule is COC(=O)C1=C(C)N=C2S[C@@H](C)C(=O)N2[C@H]1c1ccc(OCc2ccccc2)cc1. The number of ether oxygens (including phenoxy) is 2. The number of amides is 1. The maximum atomic E-state index is 12.8. The number of carbonyl (C=O) groups excluding carboxylic acids is 2. The molecule has 6 nitrogen and oxygen atoms in total. The van der Waals surface area contributed by atoms with Crippen LogP contribution in [-0.4, -0.2) is 34.3 Å². The van der Waals surface area contributed by atoms with Crippen molar-refractivity contribution >= 4 is 28.8 Å². The second-order valence-corrected chi connectivity index (χ2v) is 8.41. The highest BCUT2D eigenvalue weighted by molar-refractivity contribution is 8.15. The van der Waals surface area contributed by atoms with E-state index in [9.17, 15) is 9.59 Å². The van der Waals surface area contributed by atoms with Crippen molar-refractivity contribution in [3.05, 3.63) is 77.0 Å². The van der Waals surface area contributed by atoms with E-state index < -0.39 is 12.0 Å². The monoisotopic (exact) mass is 422 g/mol. The van der Waals surface area contributed by atoms with Crippen molar-refractivity contribution in [2.24, 2.45) is 4.99 Å². The van der Waals surface area contributed by atoms with E-state index in [0.717, 1.165) is 11.1 Å². The zero-order valence-corrected chi connectivity index (χ0v) is 17.8. The maximum absolute atomic E-state index is 12.8. The summed E-state index contributed by atoms with van der Waals surface area (Å²) < 4.78 is 10.9. The lowest BCUT2D eigenvalue weighted by atomic mass is 9.94. The number of fused-ring (bicyclic) bond motifs is 1. The lowest BCUT2D eigenvalue weighted by Gasteiger charge is -2.32. The largest absolute Gasteiger partial charge is 0.489 e. The second-order valence-electron chi connectivity index (χ2n) is 7.10. The van der Waals surface area contributed by atoms with E-state index in [0.29, 0.717) is 28.8 Å². The average Bonchev–Trinajstić information content (AvgIpc) is 3.05. The van der Waals surface area contributed by atoms with Gasteiger partial charge in [-0.25, -0.2) is 9.79 Å². The number of hydrogen-bond acceptors (Lipinski definition) is 6. The Bertz CT molecular complexity index is 1030. The Morgan fingerprint density at radius 2 is 1.83 bits per heavy atom. The topological polar surface area (TPSA) is 68.2 Å². The summed E-state index contributed by atoms with van der Waals surface area (Å²) in [5.74, 6) is 0.159. The molecule has 0 bridgehead atoms. The van der Waals surface area contributed by atoms with Gasteiger partial charge in [-0.2, -0.15) is 0 Å². The van der Waals surface area contributed by atoms with Gasteiger partial charge in [0.15, 0.2) is 5.17 Å². The molecule has 7 heteroatoms. The van der Waals surface area contributed by atoms with Gasteiger partial charge in [-0.3, -0.25) is 9.69 Å². The number of allylic oxidation sites excluding steroid dienone is 1. The fourth-order valence-corrected chi connectivity index (χ4v) is 4.61. The summed E-state index contributed by atoms with van der Waals surface area (Å²) in [5, 5.41) is 0.372. The van der Waals surface area contributed by atoms with Gasteiger partial charge in [0.2, 0.25) is 5.91 Å². The third-order valence-corrected chi connectivity index (χ3v) is 6.16. The highest BCUT2D eigenvalue weighted by atomic mass is 32.2. The summed E-state index contributed by atoms with van der Waals surface area (Å²) in [5.41, 5.74) is 2.83. The summed E-state index contributed by atoms with van der Waals surface area (Å²) in [7, 11) is 1.34. The minimum atomic E-state index is -0.571. The fraction of sp³-hybridized carbons (Fsp3) is 0.261. The molecule has 1 fully saturated rings. The average molecular weight is 423 g/mol. The van der Waals surface area contributed by atoms with E-state index in [1.54, 1.807) is 11.8 Å². The number of hydrogen-bond donors (Lipinski definition) is 0. The summed E-state index contributed by atoms with van der Waals surface area (Å²) in [6.07, 6.45) is 0. The zero-order valence-electron chi connectivity index (χ0n) is 17.0. The van der Waals surface area contributed by atoms with Crippen LogP contribution < -0.4 is 4.74 Å². The van der Waals surface area contributed by atoms with E-state index in [1.165, 1.54) is 18.9 Å². The molecule has 30 heavy (non-hydrogen) atoms. The van der Waals surface area contributed by atoms with Gasteiger partial charge in [-0.1, -0.05) is 54.2 Å². The van der Waals surface area contributed by atoms with Gasteiger partial charge < -0.3 is 9.47 Å². The molecule has 0 unspecified atom stereocenters. The van der Waals surface area contributed by atoms with Gasteiger partial charge in [0.25, 0.3) is 0 Å². The van der Waals surface area contributed by atoms with E-state index in [-0.39, 0.29) is 11.2 Å². The van der Waals surface area contributed by atoms with Crippen LogP contribution in [0.4, 0.5) is 0 Å². The Morgan fingerprint density at radius 3 is 2.50 bits per heavy atom. The van der Waals surface area contributed by atoms with Crippen molar-refractivity contribution in [3.8, 4) is 5.75 Å². The fourth-order valence-electron chi connectivity index (χ4n) is 3.58. The first-order valence-electron chi connectivity index (χ1n) is 9.63. The van der Waals surface area contributed by atoms with Crippen LogP contribution in [-0.2, 0) is 20.9 Å². The predicted molar refractivity (Wildman–Crippen MR) is 116 cm³/mol. The first-order valence-corrected chi connectivity index (χ1v) is 10.5. The third kappa shape index (κ3) is 3.73. The van der Waals surface area contributed by atoms with Crippen LogP contribution in [0.25, 0.3) is 0 Å². The van der Waals surface area contributed by atoms with Crippen molar-refractivity contribution in [1.29, 1.82) is 0 Å². The quantitative estimate of drug-likeness (QED) is 0.679. The molecule has 2 heterocycles. The number of esters is 1. The molecule has 1 amide bonds. The molecule has 0 saturated carbocycles. The van der Waals surface area contributed by atoms with Crippen molar-refractivity contribution in [1.82, 2.24) is 4.90 Å². The van der Waals surface area contributed by atoms with Gasteiger partial charge in [0, 0.05) is 0 Å². The summed E-state index contributed by atoms with van der Waals surface area (Å²) >= 11 is 1.41. The lowest BCUT2D eigenvalue weighted by molar-refractivity contribution is -0.137. The van der Waals surface area contributed by atoms with Gasteiger partial charge in [-0.05, 0) is 37.1 Å². The minimum Gasteiger partial charge on any atom is -0.489 e. The van der Waals surface area contributed by atoms with Crippen LogP contribution in [0.1, 0.15) is 31.0 Å². The lowest BCUT2D eigenvalue weighted by Crippen LogP contribution is -2.40. The Morgan fingerprint density at radius 1 is 1.13 bits per heavy atom. The Kier molecular flexibility index (Phi) is 5.63.